The summed E-state index contributed by atoms with van der Waals surface area (Å²) in [5.41, 5.74) is -3.21. The quantitative estimate of drug-likeness (QED) is 0.446. The first kappa shape index (κ1) is 27.2. The molecule has 0 saturated heterocycles. The van der Waals surface area contributed by atoms with E-state index in [4.69, 9.17) is 4.55 Å². The van der Waals surface area contributed by atoms with Gasteiger partial charge in [-0.3, -0.25) is 4.55 Å². The molecule has 0 bridgehead atoms. The molecule has 1 N–H and O–H groups in total. The Morgan fingerprint density at radius 1 is 0.677 bits per heavy atom. The van der Waals surface area contributed by atoms with E-state index in [1.165, 1.54) is 0 Å². The summed E-state index contributed by atoms with van der Waals surface area (Å²) in [5, 5.41) is -13.9. The average Bonchev–Trinajstić information content (AvgIpc) is 2.53. The Hall–Kier alpha value is -1.83. The first-order valence-corrected chi connectivity index (χ1v) is 9.50. The van der Waals surface area contributed by atoms with Crippen LogP contribution in [0.3, 0.4) is 0 Å². The van der Waals surface area contributed by atoms with Gasteiger partial charge in [0, 0.05) is 0 Å². The summed E-state index contributed by atoms with van der Waals surface area (Å²) in [7, 11) is -14.7. The van der Waals surface area contributed by atoms with Crippen molar-refractivity contribution in [2.24, 2.45) is 0 Å². The normalized spacial score (nSPS) is 15.3. The molecule has 0 aliphatic carbocycles. The van der Waals surface area contributed by atoms with Crippen LogP contribution in [0, 0.1) is 11.6 Å². The maximum Gasteiger partial charge on any atom is 0.460 e. The smallest absolute Gasteiger partial charge is 0.281 e. The van der Waals surface area contributed by atoms with Crippen LogP contribution >= 0.6 is 0 Å². The third-order valence-corrected chi connectivity index (χ3v) is 6.26. The molecule has 0 atom stereocenters. The fourth-order valence-corrected chi connectivity index (χ4v) is 3.88. The number of sulfone groups is 1. The fraction of sp³-hybridized carbons (Fsp3) is 0.455. The van der Waals surface area contributed by atoms with Gasteiger partial charge in [-0.1, -0.05) is 0 Å². The van der Waals surface area contributed by atoms with E-state index in [0.29, 0.717) is 0 Å². The zero-order valence-electron chi connectivity index (χ0n) is 13.5. The van der Waals surface area contributed by atoms with E-state index in [1.54, 1.807) is 0 Å². The number of hydrogen-bond acceptors (Lipinski definition) is 4. The summed E-state index contributed by atoms with van der Waals surface area (Å²) >= 11 is 0. The van der Waals surface area contributed by atoms with E-state index in [9.17, 15) is 73.9 Å². The first-order valence-electron chi connectivity index (χ1n) is 6.57. The molecule has 1 rings (SSSR count). The lowest BCUT2D eigenvalue weighted by atomic mass is 10.0. The summed E-state index contributed by atoms with van der Waals surface area (Å²) in [6.45, 7) is 0. The topological polar surface area (TPSA) is 88.5 Å². The van der Waals surface area contributed by atoms with Gasteiger partial charge in [-0.05, 0) is 12.1 Å². The largest absolute Gasteiger partial charge is 0.460 e. The summed E-state index contributed by atoms with van der Waals surface area (Å²) in [6.07, 6.45) is -7.09. The minimum Gasteiger partial charge on any atom is -0.281 e. The maximum atomic E-state index is 13.8. The van der Waals surface area contributed by atoms with Gasteiger partial charge in [0.15, 0.2) is 0 Å². The van der Waals surface area contributed by atoms with Gasteiger partial charge >= 0.3 is 38.6 Å². The Bertz CT molecular complexity index is 1090. The van der Waals surface area contributed by atoms with Crippen molar-refractivity contribution >= 4 is 20.0 Å². The van der Waals surface area contributed by atoms with Crippen LogP contribution in [-0.4, -0.2) is 44.0 Å². The van der Waals surface area contributed by atoms with Gasteiger partial charge in [0.2, 0.25) is 0 Å². The molecule has 0 aliphatic rings. The van der Waals surface area contributed by atoms with Crippen molar-refractivity contribution < 1.29 is 78.5 Å². The Balaban J connectivity index is 3.82. The molecule has 1 aromatic carbocycles. The van der Waals surface area contributed by atoms with Crippen LogP contribution in [0.2, 0.25) is 0 Å². The molecule has 0 heterocycles. The van der Waals surface area contributed by atoms with Crippen molar-refractivity contribution in [2.45, 2.75) is 33.4 Å². The highest BCUT2D eigenvalue weighted by Gasteiger charge is 2.75. The van der Waals surface area contributed by atoms with E-state index in [-0.39, 0.29) is 0 Å². The molecule has 0 spiro atoms. The molecular weight excluding hydrogens is 523 g/mol. The summed E-state index contributed by atoms with van der Waals surface area (Å²) in [4.78, 5) is -3.03. The molecule has 20 heteroatoms. The first-order chi connectivity index (χ1) is 13.3. The van der Waals surface area contributed by atoms with Gasteiger partial charge in [0.1, 0.15) is 16.5 Å². The standard InChI is InChI=1S/C11H3F13O5S2/c12-4-2-6(30(25,26)10(21,22)11(23,24)31(27,28)29)5(13)1-3(4)7(14,15)8(16,17)9(18,19)20/h1-2H,(H,27,28,29). The van der Waals surface area contributed by atoms with Crippen LogP contribution in [0.5, 0.6) is 0 Å². The molecule has 5 nitrogen and oxygen atoms in total. The van der Waals surface area contributed by atoms with Crippen molar-refractivity contribution in [3.8, 4) is 0 Å². The fourth-order valence-electron chi connectivity index (χ4n) is 1.77. The molecule has 0 unspecified atom stereocenters. The molecule has 31 heavy (non-hydrogen) atoms. The summed E-state index contributed by atoms with van der Waals surface area (Å²) < 4.78 is 222. The molecule has 0 aromatic heterocycles. The Labute approximate surface area is 162 Å². The van der Waals surface area contributed by atoms with E-state index in [0.717, 1.165) is 0 Å². The molecule has 0 fully saturated rings. The Morgan fingerprint density at radius 2 is 1.10 bits per heavy atom. The van der Waals surface area contributed by atoms with Gasteiger partial charge in [0.25, 0.3) is 9.84 Å². The maximum absolute atomic E-state index is 13.8. The molecule has 0 radical (unpaired) electrons. The number of hydrogen-bond donors (Lipinski definition) is 1. The van der Waals surface area contributed by atoms with E-state index >= 15 is 0 Å². The predicted octanol–water partition coefficient (Wildman–Crippen LogP) is 4.10. The second-order valence-corrected chi connectivity index (χ2v) is 8.84. The van der Waals surface area contributed by atoms with Crippen molar-refractivity contribution in [2.75, 3.05) is 0 Å². The average molecular weight is 526 g/mol. The zero-order chi connectivity index (χ0) is 25.2. The van der Waals surface area contributed by atoms with Gasteiger partial charge in [-0.25, -0.2) is 17.2 Å². The lowest BCUT2D eigenvalue weighted by Crippen LogP contribution is -2.52. The van der Waals surface area contributed by atoms with Crippen molar-refractivity contribution in [3.05, 3.63) is 29.3 Å². The van der Waals surface area contributed by atoms with Crippen molar-refractivity contribution in [1.29, 1.82) is 0 Å². The highest BCUT2D eigenvalue weighted by molar-refractivity contribution is 7.94. The van der Waals surface area contributed by atoms with Crippen LogP contribution in [0.15, 0.2) is 17.0 Å². The monoisotopic (exact) mass is 526 g/mol. The second kappa shape index (κ2) is 7.09. The SMILES string of the molecule is O=S(=O)(O)C(F)(F)C(F)(F)S(=O)(=O)c1cc(F)c(C(F)(F)C(F)(F)C(F)(F)F)cc1F. The van der Waals surface area contributed by atoms with Crippen LogP contribution < -0.4 is 0 Å². The minimum atomic E-state index is -7.45. The van der Waals surface area contributed by atoms with Crippen LogP contribution in [0.1, 0.15) is 5.56 Å². The number of rotatable bonds is 6. The Morgan fingerprint density at radius 3 is 1.45 bits per heavy atom. The van der Waals surface area contributed by atoms with E-state index < -0.39 is 82.7 Å². The number of halogens is 13. The number of alkyl halides is 11. The highest BCUT2D eigenvalue weighted by Crippen LogP contribution is 2.53. The number of benzene rings is 1. The molecule has 180 valence electrons. The van der Waals surface area contributed by atoms with Gasteiger partial charge in [0.05, 0.1) is 5.56 Å². The molecule has 0 aliphatic heterocycles. The van der Waals surface area contributed by atoms with Crippen LogP contribution in [0.25, 0.3) is 0 Å². The molecule has 0 amide bonds. The molecule has 0 saturated carbocycles. The van der Waals surface area contributed by atoms with Crippen molar-refractivity contribution in [3.63, 3.8) is 0 Å². The van der Waals surface area contributed by atoms with Gasteiger partial charge < -0.3 is 0 Å². The highest BCUT2D eigenvalue weighted by atomic mass is 32.2. The lowest BCUT2D eigenvalue weighted by Gasteiger charge is -2.29. The summed E-state index contributed by atoms with van der Waals surface area (Å²) in [6, 6.07) is -2.81. The third kappa shape index (κ3) is 3.81. The Kier molecular flexibility index (Phi) is 6.22. The lowest BCUT2D eigenvalue weighted by molar-refractivity contribution is -0.360. The predicted molar refractivity (Wildman–Crippen MR) is 69.9 cm³/mol. The summed E-state index contributed by atoms with van der Waals surface area (Å²) in [5.74, 6) is -20.2. The molecule has 1 aromatic rings. The minimum absolute atomic E-state index is 1.38. The van der Waals surface area contributed by atoms with E-state index in [2.05, 4.69) is 0 Å². The van der Waals surface area contributed by atoms with Gasteiger partial charge in [-0.15, -0.1) is 0 Å². The zero-order valence-corrected chi connectivity index (χ0v) is 15.1. The van der Waals surface area contributed by atoms with Crippen LogP contribution in [0.4, 0.5) is 57.1 Å². The van der Waals surface area contributed by atoms with E-state index in [1.807, 2.05) is 0 Å². The van der Waals surface area contributed by atoms with Crippen molar-refractivity contribution in [1.82, 2.24) is 0 Å². The third-order valence-electron chi connectivity index (χ3n) is 3.40. The molecular formula is C11H3F13O5S2. The second-order valence-electron chi connectivity index (χ2n) is 5.42. The van der Waals surface area contributed by atoms with Gasteiger partial charge in [-0.2, -0.15) is 56.7 Å². The van der Waals surface area contributed by atoms with Crippen LogP contribution in [-0.2, 0) is 25.9 Å².